The van der Waals surface area contributed by atoms with Crippen molar-refractivity contribution in [2.24, 2.45) is 13.0 Å². The minimum Gasteiger partial charge on any atom is -0.396 e. The number of aliphatic hydroxyl groups is 1. The first kappa shape index (κ1) is 19.1. The molecule has 0 spiro atoms. The second-order valence-electron chi connectivity index (χ2n) is 6.48. The van der Waals surface area contributed by atoms with Crippen LogP contribution in [0.25, 0.3) is 11.3 Å². The minimum absolute atomic E-state index is 0.0121. The van der Waals surface area contributed by atoms with Gasteiger partial charge in [-0.1, -0.05) is 36.4 Å². The normalized spacial score (nSPS) is 12.0. The number of rotatable bonds is 7. The van der Waals surface area contributed by atoms with Crippen LogP contribution >= 0.6 is 11.3 Å². The van der Waals surface area contributed by atoms with Crippen molar-refractivity contribution < 1.29 is 9.90 Å². The molecule has 2 aromatic heterocycles. The number of aryl methyl sites for hydroxylation is 1. The number of hydrogen-bond acceptors (Lipinski definition) is 4. The second kappa shape index (κ2) is 8.83. The third-order valence-electron chi connectivity index (χ3n) is 4.44. The largest absolute Gasteiger partial charge is 0.396 e. The lowest BCUT2D eigenvalue weighted by atomic mass is 10.1. The molecule has 6 nitrogen and oxygen atoms in total. The van der Waals surface area contributed by atoms with Gasteiger partial charge in [0.2, 0.25) is 0 Å². The molecule has 3 rings (SSSR count). The molecule has 1 atom stereocenters. The third-order valence-corrected chi connectivity index (χ3v) is 5.34. The van der Waals surface area contributed by atoms with E-state index in [0.717, 1.165) is 23.2 Å². The van der Waals surface area contributed by atoms with E-state index in [1.807, 2.05) is 61.8 Å². The minimum atomic E-state index is -0.301. The molecule has 0 unspecified atom stereocenters. The number of urea groups is 1. The van der Waals surface area contributed by atoms with Crippen LogP contribution in [-0.4, -0.2) is 34.1 Å². The fourth-order valence-corrected chi connectivity index (χ4v) is 3.80. The highest BCUT2D eigenvalue weighted by Crippen LogP contribution is 2.27. The van der Waals surface area contributed by atoms with Crippen LogP contribution in [0.1, 0.15) is 10.4 Å². The van der Waals surface area contributed by atoms with E-state index in [9.17, 15) is 9.90 Å². The highest BCUT2D eigenvalue weighted by Gasteiger charge is 2.17. The van der Waals surface area contributed by atoms with Crippen LogP contribution in [0.4, 0.5) is 10.6 Å². The Balaban J connectivity index is 1.61. The van der Waals surface area contributed by atoms with E-state index in [-0.39, 0.29) is 18.6 Å². The number of carbonyl (C=O) groups excluding carboxylic acids is 1. The van der Waals surface area contributed by atoms with E-state index in [2.05, 4.69) is 15.7 Å². The molecule has 0 radical (unpaired) electrons. The number of aliphatic hydroxyl groups excluding tert-OH is 1. The molecule has 1 aromatic carbocycles. The quantitative estimate of drug-likeness (QED) is 0.584. The Kier molecular flexibility index (Phi) is 6.26. The van der Waals surface area contributed by atoms with Gasteiger partial charge in [0, 0.05) is 42.1 Å². The number of benzene rings is 1. The summed E-state index contributed by atoms with van der Waals surface area (Å²) in [5.74, 6) is 0.645. The lowest BCUT2D eigenvalue weighted by Gasteiger charge is -2.15. The van der Waals surface area contributed by atoms with Crippen molar-refractivity contribution in [2.75, 3.05) is 18.5 Å². The number of hydrogen-bond donors (Lipinski definition) is 3. The highest BCUT2D eigenvalue weighted by atomic mass is 32.1. The van der Waals surface area contributed by atoms with Crippen LogP contribution in [-0.2, 0) is 13.5 Å². The Morgan fingerprint density at radius 1 is 1.26 bits per heavy atom. The monoisotopic (exact) mass is 384 g/mol. The average molecular weight is 385 g/mol. The number of nitrogens with one attached hydrogen (secondary N) is 2. The van der Waals surface area contributed by atoms with Crippen LogP contribution in [0.15, 0.2) is 47.8 Å². The third kappa shape index (κ3) is 4.75. The maximum Gasteiger partial charge on any atom is 0.320 e. The van der Waals surface area contributed by atoms with Crippen molar-refractivity contribution in [2.45, 2.75) is 13.3 Å². The topological polar surface area (TPSA) is 79.2 Å². The summed E-state index contributed by atoms with van der Waals surface area (Å²) in [5, 5.41) is 21.8. The first-order chi connectivity index (χ1) is 13.1. The Morgan fingerprint density at radius 2 is 2.04 bits per heavy atom. The van der Waals surface area contributed by atoms with Crippen LogP contribution in [0, 0.1) is 12.8 Å². The van der Waals surface area contributed by atoms with Crippen LogP contribution < -0.4 is 10.6 Å². The molecule has 27 heavy (non-hydrogen) atoms. The van der Waals surface area contributed by atoms with E-state index in [1.165, 1.54) is 4.88 Å². The zero-order chi connectivity index (χ0) is 19.2. The lowest BCUT2D eigenvalue weighted by molar-refractivity contribution is 0.218. The summed E-state index contributed by atoms with van der Waals surface area (Å²) >= 11 is 1.66. The Bertz CT molecular complexity index is 875. The van der Waals surface area contributed by atoms with Gasteiger partial charge < -0.3 is 10.4 Å². The molecule has 3 N–H and O–H groups in total. The molecular formula is C20H24N4O2S. The van der Waals surface area contributed by atoms with Gasteiger partial charge in [-0.15, -0.1) is 11.3 Å². The molecular weight excluding hydrogens is 360 g/mol. The molecule has 0 saturated carbocycles. The van der Waals surface area contributed by atoms with Crippen molar-refractivity contribution in [3.63, 3.8) is 0 Å². The molecule has 2 amide bonds. The lowest BCUT2D eigenvalue weighted by Crippen LogP contribution is -2.35. The van der Waals surface area contributed by atoms with Gasteiger partial charge >= 0.3 is 6.03 Å². The second-order valence-corrected chi connectivity index (χ2v) is 7.51. The van der Waals surface area contributed by atoms with E-state index in [1.54, 1.807) is 16.0 Å². The van der Waals surface area contributed by atoms with Crippen molar-refractivity contribution >= 4 is 23.2 Å². The van der Waals surface area contributed by atoms with Gasteiger partial charge in [-0.25, -0.2) is 4.79 Å². The van der Waals surface area contributed by atoms with Gasteiger partial charge in [0.05, 0.1) is 5.69 Å². The maximum atomic E-state index is 12.3. The standard InChI is InChI=1S/C20H24N4O2S/c1-14-18(16-7-4-3-5-8-16)23-24(2)19(14)22-20(26)21-12-15(13-25)11-17-9-6-10-27-17/h3-10,15,25H,11-13H2,1-2H3,(H2,21,22,26)/t15-/m1/s1. The van der Waals surface area contributed by atoms with Crippen LogP contribution in [0.3, 0.4) is 0 Å². The fraction of sp³-hybridized carbons (Fsp3) is 0.300. The smallest absolute Gasteiger partial charge is 0.320 e. The molecule has 0 bridgehead atoms. The molecule has 0 aliphatic carbocycles. The average Bonchev–Trinajstić information content (AvgIpc) is 3.29. The molecule has 0 fully saturated rings. The number of carbonyl (C=O) groups is 1. The van der Waals surface area contributed by atoms with E-state index < -0.39 is 0 Å². The number of anilines is 1. The predicted molar refractivity (Wildman–Crippen MR) is 109 cm³/mol. The summed E-state index contributed by atoms with van der Waals surface area (Å²) < 4.78 is 1.67. The number of amides is 2. The van der Waals surface area contributed by atoms with Gasteiger partial charge in [0.25, 0.3) is 0 Å². The van der Waals surface area contributed by atoms with E-state index in [0.29, 0.717) is 12.4 Å². The molecule has 2 heterocycles. The summed E-state index contributed by atoms with van der Waals surface area (Å²) in [6, 6.07) is 13.6. The summed E-state index contributed by atoms with van der Waals surface area (Å²) in [7, 11) is 1.81. The maximum absolute atomic E-state index is 12.3. The highest BCUT2D eigenvalue weighted by molar-refractivity contribution is 7.09. The summed E-state index contributed by atoms with van der Waals surface area (Å²) in [4.78, 5) is 13.5. The van der Waals surface area contributed by atoms with E-state index in [4.69, 9.17) is 0 Å². The Morgan fingerprint density at radius 3 is 2.70 bits per heavy atom. The fourth-order valence-electron chi connectivity index (χ4n) is 2.98. The zero-order valence-electron chi connectivity index (χ0n) is 15.5. The number of thiophene rings is 1. The van der Waals surface area contributed by atoms with Crippen molar-refractivity contribution in [1.29, 1.82) is 0 Å². The van der Waals surface area contributed by atoms with Gasteiger partial charge in [-0.2, -0.15) is 5.10 Å². The molecule has 0 saturated heterocycles. The number of nitrogens with zero attached hydrogens (tertiary/aromatic N) is 2. The SMILES string of the molecule is Cc1c(-c2ccccc2)nn(C)c1NC(=O)NC[C@H](CO)Cc1cccs1. The van der Waals surface area contributed by atoms with E-state index >= 15 is 0 Å². The Hall–Kier alpha value is -2.64. The van der Waals surface area contributed by atoms with Gasteiger partial charge in [-0.3, -0.25) is 10.00 Å². The number of aromatic nitrogens is 2. The van der Waals surface area contributed by atoms with Crippen LogP contribution in [0.5, 0.6) is 0 Å². The van der Waals surface area contributed by atoms with Gasteiger partial charge in [0.15, 0.2) is 0 Å². The summed E-state index contributed by atoms with van der Waals surface area (Å²) in [6.45, 7) is 2.38. The first-order valence-electron chi connectivity index (χ1n) is 8.85. The summed E-state index contributed by atoms with van der Waals surface area (Å²) in [5.41, 5.74) is 2.77. The molecule has 0 aliphatic rings. The molecule has 142 valence electrons. The predicted octanol–water partition coefficient (Wildman–Crippen LogP) is 3.43. The molecule has 3 aromatic rings. The molecule has 0 aliphatic heterocycles. The first-order valence-corrected chi connectivity index (χ1v) is 9.73. The van der Waals surface area contributed by atoms with Crippen molar-refractivity contribution in [3.05, 3.63) is 58.3 Å². The molecule has 7 heteroatoms. The van der Waals surface area contributed by atoms with Crippen molar-refractivity contribution in [1.82, 2.24) is 15.1 Å². The van der Waals surface area contributed by atoms with Gasteiger partial charge in [0.1, 0.15) is 5.82 Å². The summed E-state index contributed by atoms with van der Waals surface area (Å²) in [6.07, 6.45) is 0.747. The zero-order valence-corrected chi connectivity index (χ0v) is 16.3. The van der Waals surface area contributed by atoms with Crippen LogP contribution in [0.2, 0.25) is 0 Å². The Labute approximate surface area is 162 Å². The van der Waals surface area contributed by atoms with Crippen molar-refractivity contribution in [3.8, 4) is 11.3 Å². The van der Waals surface area contributed by atoms with Gasteiger partial charge in [-0.05, 0) is 24.8 Å².